The number of benzene rings is 1. The molecule has 1 fully saturated rings. The van der Waals surface area contributed by atoms with Gasteiger partial charge in [0.05, 0.1) is 27.6 Å². The first-order valence-corrected chi connectivity index (χ1v) is 16.6. The maximum atomic E-state index is 14.6. The summed E-state index contributed by atoms with van der Waals surface area (Å²) in [6.07, 6.45) is 3.71. The zero-order chi connectivity index (χ0) is 27.8. The number of ether oxygens (including phenoxy) is 1. The highest BCUT2D eigenvalue weighted by Crippen LogP contribution is 2.50. The minimum atomic E-state index is -1.35. The Morgan fingerprint density at radius 1 is 1.32 bits per heavy atom. The number of nitrogens with zero attached hydrogens (tertiary/aromatic N) is 4. The van der Waals surface area contributed by atoms with Gasteiger partial charge in [-0.25, -0.2) is 14.4 Å². The predicted molar refractivity (Wildman–Crippen MR) is 146 cm³/mol. The minimum absolute atomic E-state index is 0.0256. The molecule has 0 bridgehead atoms. The fourth-order valence-corrected chi connectivity index (χ4v) is 5.67. The van der Waals surface area contributed by atoms with E-state index in [4.69, 9.17) is 21.6 Å². The van der Waals surface area contributed by atoms with Gasteiger partial charge in [0, 0.05) is 38.0 Å². The Kier molecular flexibility index (Phi) is 7.75. The van der Waals surface area contributed by atoms with Crippen LogP contribution in [0.5, 0.6) is 0 Å². The lowest BCUT2D eigenvalue weighted by molar-refractivity contribution is -0.124. The summed E-state index contributed by atoms with van der Waals surface area (Å²) in [7, 11) is -1.35. The van der Waals surface area contributed by atoms with Gasteiger partial charge in [0.1, 0.15) is 24.4 Å². The third-order valence-corrected chi connectivity index (χ3v) is 9.06. The lowest BCUT2D eigenvalue weighted by Crippen LogP contribution is -2.41. The van der Waals surface area contributed by atoms with Gasteiger partial charge in [-0.1, -0.05) is 31.2 Å². The molecule has 1 aliphatic rings. The Balaban J connectivity index is 1.73. The molecule has 0 radical (unpaired) electrons. The molecular weight excluding hydrogens is 525 g/mol. The van der Waals surface area contributed by atoms with Crippen LogP contribution in [0.3, 0.4) is 0 Å². The molecular formula is C27H31ClFN5O3Si. The Labute approximate surface area is 226 Å². The summed E-state index contributed by atoms with van der Waals surface area (Å²) >= 11 is 6.42. The number of aryl methyl sites for hydroxylation is 1. The first-order chi connectivity index (χ1) is 17.9. The number of fused-ring (bicyclic) bond motifs is 1. The first-order valence-electron chi connectivity index (χ1n) is 12.5. The highest BCUT2D eigenvalue weighted by Gasteiger charge is 2.54. The van der Waals surface area contributed by atoms with E-state index in [9.17, 15) is 14.0 Å². The van der Waals surface area contributed by atoms with Crippen molar-refractivity contribution in [3.05, 3.63) is 68.2 Å². The highest BCUT2D eigenvalue weighted by atomic mass is 35.5. The van der Waals surface area contributed by atoms with Crippen LogP contribution in [0.4, 0.5) is 4.39 Å². The molecule has 1 atom stereocenters. The number of nitriles is 1. The second kappa shape index (κ2) is 10.6. The molecule has 4 rings (SSSR count). The fraction of sp³-hybridized carbons (Fsp3) is 0.444. The van der Waals surface area contributed by atoms with Crippen LogP contribution < -0.4 is 10.9 Å². The molecule has 8 nitrogen and oxygen atoms in total. The number of hydrogen-bond acceptors (Lipinski definition) is 6. The Hall–Kier alpha value is -3.13. The number of carbonyl (C=O) groups is 1. The lowest BCUT2D eigenvalue weighted by Gasteiger charge is -2.24. The number of hydrogen-bond donors (Lipinski definition) is 1. The molecule has 11 heteroatoms. The van der Waals surface area contributed by atoms with Crippen molar-refractivity contribution in [2.45, 2.75) is 70.6 Å². The van der Waals surface area contributed by atoms with Crippen LogP contribution in [0.2, 0.25) is 30.7 Å². The van der Waals surface area contributed by atoms with Gasteiger partial charge in [0.25, 0.3) is 5.56 Å². The van der Waals surface area contributed by atoms with Crippen molar-refractivity contribution in [1.29, 1.82) is 5.26 Å². The van der Waals surface area contributed by atoms with E-state index in [-0.39, 0.29) is 23.2 Å². The molecule has 38 heavy (non-hydrogen) atoms. The van der Waals surface area contributed by atoms with Crippen molar-refractivity contribution in [1.82, 2.24) is 19.9 Å². The molecule has 0 saturated heterocycles. The summed E-state index contributed by atoms with van der Waals surface area (Å²) in [5, 5.41) is 12.2. The zero-order valence-electron chi connectivity index (χ0n) is 22.2. The van der Waals surface area contributed by atoms with Crippen LogP contribution in [0.15, 0.2) is 29.3 Å². The van der Waals surface area contributed by atoms with Crippen LogP contribution in [0, 0.1) is 24.1 Å². The predicted octanol–water partition coefficient (Wildman–Crippen LogP) is 4.99. The summed E-state index contributed by atoms with van der Waals surface area (Å²) < 4.78 is 21.9. The van der Waals surface area contributed by atoms with Crippen LogP contribution in [-0.2, 0) is 21.7 Å². The molecule has 1 aromatic carbocycles. The molecule has 1 amide bonds. The molecule has 2 heterocycles. The molecule has 200 valence electrons. The topological polar surface area (TPSA) is 110 Å². The number of rotatable bonds is 9. The number of nitrogens with one attached hydrogen (secondary N) is 1. The maximum Gasteiger partial charge on any atom is 0.257 e. The summed E-state index contributed by atoms with van der Waals surface area (Å²) in [6.45, 7) is 10.6. The van der Waals surface area contributed by atoms with Crippen molar-refractivity contribution >= 4 is 36.5 Å². The lowest BCUT2D eigenvalue weighted by atomic mass is 9.89. The largest absolute Gasteiger partial charge is 0.361 e. The van der Waals surface area contributed by atoms with E-state index < -0.39 is 25.3 Å². The number of amides is 1. The number of carbonyl (C=O) groups excluding carboxylic acids is 1. The third kappa shape index (κ3) is 5.37. The fourth-order valence-electron chi connectivity index (χ4n) is 4.61. The smallest absolute Gasteiger partial charge is 0.257 e. The van der Waals surface area contributed by atoms with Crippen LogP contribution in [0.1, 0.15) is 48.3 Å². The molecule has 0 aliphatic heterocycles. The second-order valence-electron chi connectivity index (χ2n) is 11.1. The number of halogens is 2. The SMILES string of the molecule is Cc1c(C2(C(=O)N[C@@H](C)c3ncc(C#N)cn3)CC2)c(=O)n(COCC[Si](C)(C)C)c2ccc(F)c(Cl)c12. The Bertz CT molecular complexity index is 1490. The van der Waals surface area contributed by atoms with E-state index in [1.807, 2.05) is 6.07 Å². The van der Waals surface area contributed by atoms with Crippen molar-refractivity contribution in [3.63, 3.8) is 0 Å². The minimum Gasteiger partial charge on any atom is -0.361 e. The van der Waals surface area contributed by atoms with Crippen molar-refractivity contribution in [2.75, 3.05) is 6.61 Å². The average molecular weight is 556 g/mol. The maximum absolute atomic E-state index is 14.6. The number of pyridine rings is 1. The molecule has 3 aromatic rings. The summed E-state index contributed by atoms with van der Waals surface area (Å²) in [5.41, 5.74) is 0.146. The van der Waals surface area contributed by atoms with E-state index in [1.54, 1.807) is 13.8 Å². The zero-order valence-corrected chi connectivity index (χ0v) is 23.9. The van der Waals surface area contributed by atoms with Gasteiger partial charge >= 0.3 is 0 Å². The summed E-state index contributed by atoms with van der Waals surface area (Å²) in [6, 6.07) is 5.10. The van der Waals surface area contributed by atoms with Crippen LogP contribution in [-0.4, -0.2) is 35.1 Å². The molecule has 2 aromatic heterocycles. The van der Waals surface area contributed by atoms with Gasteiger partial charge in [-0.15, -0.1) is 0 Å². The summed E-state index contributed by atoms with van der Waals surface area (Å²) in [4.78, 5) is 35.9. The average Bonchev–Trinajstić information content (AvgIpc) is 3.66. The number of aromatic nitrogens is 3. The third-order valence-electron chi connectivity index (χ3n) is 6.99. The molecule has 0 spiro atoms. The molecule has 0 unspecified atom stereocenters. The Morgan fingerprint density at radius 3 is 2.55 bits per heavy atom. The first kappa shape index (κ1) is 27.9. The van der Waals surface area contributed by atoms with Gasteiger partial charge in [-0.2, -0.15) is 5.26 Å². The van der Waals surface area contributed by atoms with E-state index in [0.717, 1.165) is 6.04 Å². The van der Waals surface area contributed by atoms with Gasteiger partial charge in [-0.3, -0.25) is 14.2 Å². The van der Waals surface area contributed by atoms with Gasteiger partial charge in [-0.05, 0) is 50.4 Å². The van der Waals surface area contributed by atoms with Crippen molar-refractivity contribution in [2.24, 2.45) is 0 Å². The summed E-state index contributed by atoms with van der Waals surface area (Å²) in [5.74, 6) is -0.586. The van der Waals surface area contributed by atoms with E-state index in [2.05, 4.69) is 34.9 Å². The van der Waals surface area contributed by atoms with Gasteiger partial charge in [0.15, 0.2) is 0 Å². The molecule has 1 saturated carbocycles. The monoisotopic (exact) mass is 555 g/mol. The van der Waals surface area contributed by atoms with Crippen molar-refractivity contribution in [3.8, 4) is 6.07 Å². The normalized spacial score (nSPS) is 15.2. The highest BCUT2D eigenvalue weighted by molar-refractivity contribution is 6.76. The van der Waals surface area contributed by atoms with Gasteiger partial charge < -0.3 is 10.1 Å². The van der Waals surface area contributed by atoms with Crippen molar-refractivity contribution < 1.29 is 13.9 Å². The van der Waals surface area contributed by atoms with E-state index >= 15 is 0 Å². The van der Waals surface area contributed by atoms with Gasteiger partial charge in [0.2, 0.25) is 5.91 Å². The van der Waals surface area contributed by atoms with Crippen LogP contribution >= 0.6 is 11.6 Å². The molecule has 1 N–H and O–H groups in total. The van der Waals surface area contributed by atoms with Crippen LogP contribution in [0.25, 0.3) is 10.9 Å². The quantitative estimate of drug-likeness (QED) is 0.294. The standard InChI is InChI=1S/C27H31ClFN5O3Si/c1-16-21-20(7-6-19(29)23(21)28)34(15-37-10-11-38(3,4)5)25(35)22(16)27(8-9-27)26(36)33-17(2)24-31-13-18(12-30)14-32-24/h6-7,13-14,17H,8-11,15H2,1-5H3,(H,33,36)/t17-/m0/s1. The van der Waals surface area contributed by atoms with E-state index in [1.165, 1.54) is 29.1 Å². The molecule has 1 aliphatic carbocycles. The Morgan fingerprint density at radius 2 is 1.97 bits per heavy atom. The second-order valence-corrected chi connectivity index (χ2v) is 17.1. The van der Waals surface area contributed by atoms with E-state index in [0.29, 0.717) is 52.9 Å².